The molecule has 4 unspecified atom stereocenters. The lowest BCUT2D eigenvalue weighted by Crippen LogP contribution is -2.33. The minimum absolute atomic E-state index is 0.620. The molecule has 0 spiro atoms. The van der Waals surface area contributed by atoms with Crippen LogP contribution in [0.2, 0.25) is 0 Å². The van der Waals surface area contributed by atoms with Gasteiger partial charge in [0.15, 0.2) is 0 Å². The number of hydrogen-bond acceptors (Lipinski definition) is 4. The first-order valence-corrected chi connectivity index (χ1v) is 10.7. The molecular weight excluding hydrogens is 352 g/mol. The average Bonchev–Trinajstić information content (AvgIpc) is 2.73. The number of benzene rings is 1. The highest BCUT2D eigenvalue weighted by Crippen LogP contribution is 2.47. The van der Waals surface area contributed by atoms with E-state index in [4.69, 9.17) is 0 Å². The number of rotatable bonds is 4. The van der Waals surface area contributed by atoms with Crippen molar-refractivity contribution in [3.8, 4) is 0 Å². The van der Waals surface area contributed by atoms with E-state index in [-0.39, 0.29) is 0 Å². The maximum atomic E-state index is 9.29. The van der Waals surface area contributed by atoms with Gasteiger partial charge in [0, 0.05) is 9.80 Å². The molecule has 2 bridgehead atoms. The molecule has 0 amide bonds. The van der Waals surface area contributed by atoms with Gasteiger partial charge in [0.2, 0.25) is 0 Å². The first kappa shape index (κ1) is 23.5. The largest absolute Gasteiger partial charge is 0.411 e. The van der Waals surface area contributed by atoms with Crippen LogP contribution in [0.25, 0.3) is 0 Å². The Bertz CT molecular complexity index is 598. The summed E-state index contributed by atoms with van der Waals surface area (Å²) in [7, 11) is 1.50. The fourth-order valence-electron chi connectivity index (χ4n) is 4.41. The van der Waals surface area contributed by atoms with Crippen molar-refractivity contribution in [3.05, 3.63) is 54.5 Å². The van der Waals surface area contributed by atoms with E-state index in [0.29, 0.717) is 5.92 Å². The third-order valence-electron chi connectivity index (χ3n) is 5.55. The van der Waals surface area contributed by atoms with E-state index in [1.54, 1.807) is 11.8 Å². The second kappa shape index (κ2) is 12.8. The highest BCUT2D eigenvalue weighted by Gasteiger charge is 2.36. The Kier molecular flexibility index (Phi) is 11.1. The van der Waals surface area contributed by atoms with Crippen LogP contribution in [0.5, 0.6) is 0 Å². The highest BCUT2D eigenvalue weighted by molar-refractivity contribution is 8.04. The number of thioether (sulfide) groups is 1. The van der Waals surface area contributed by atoms with Crippen molar-refractivity contribution in [2.45, 2.75) is 50.8 Å². The van der Waals surface area contributed by atoms with Crippen LogP contribution in [0.1, 0.15) is 46.0 Å². The van der Waals surface area contributed by atoms with Gasteiger partial charge in [-0.05, 0) is 69.0 Å². The minimum atomic E-state index is 0.620. The normalized spacial score (nSPS) is 27.6. The van der Waals surface area contributed by atoms with Gasteiger partial charge in [0.25, 0.3) is 0 Å². The van der Waals surface area contributed by atoms with Gasteiger partial charge in [0.05, 0.1) is 5.71 Å². The Balaban J connectivity index is 0.000000855. The Morgan fingerprint density at radius 2 is 1.85 bits per heavy atom. The summed E-state index contributed by atoms with van der Waals surface area (Å²) in [4.78, 5) is 2.31. The molecule has 0 saturated heterocycles. The minimum Gasteiger partial charge on any atom is -0.411 e. The van der Waals surface area contributed by atoms with Crippen molar-refractivity contribution in [1.29, 1.82) is 0 Å². The van der Waals surface area contributed by atoms with Gasteiger partial charge >= 0.3 is 0 Å². The lowest BCUT2D eigenvalue weighted by molar-refractivity contribution is 0.0996. The van der Waals surface area contributed by atoms with Gasteiger partial charge in [-0.2, -0.15) is 0 Å². The Morgan fingerprint density at radius 3 is 2.48 bits per heavy atom. The molecule has 4 heteroatoms. The number of fused-ring (bicyclic) bond motifs is 2. The molecule has 2 aliphatic rings. The van der Waals surface area contributed by atoms with Gasteiger partial charge in [-0.1, -0.05) is 61.0 Å². The van der Waals surface area contributed by atoms with Gasteiger partial charge in [-0.3, -0.25) is 0 Å². The molecule has 3 N–H and O–H groups in total. The number of nitrogens with zero attached hydrogens (tertiary/aromatic N) is 1. The molecule has 1 aromatic rings. The second-order valence-corrected chi connectivity index (χ2v) is 8.33. The number of nitrogens with two attached hydrogens (primary N) is 1. The van der Waals surface area contributed by atoms with E-state index in [2.05, 4.69) is 61.3 Å². The van der Waals surface area contributed by atoms with E-state index in [1.165, 1.54) is 44.0 Å². The molecule has 2 aliphatic carbocycles. The number of hydrogen-bond donors (Lipinski definition) is 2. The third-order valence-corrected chi connectivity index (χ3v) is 6.71. The second-order valence-electron chi connectivity index (χ2n) is 7.21. The Labute approximate surface area is 169 Å². The van der Waals surface area contributed by atoms with Crippen LogP contribution in [0.15, 0.2) is 64.5 Å². The van der Waals surface area contributed by atoms with E-state index in [1.807, 2.05) is 13.0 Å². The summed E-state index contributed by atoms with van der Waals surface area (Å²) in [5, 5.41) is 12.8. The third kappa shape index (κ3) is 6.86. The van der Waals surface area contributed by atoms with Gasteiger partial charge in [-0.15, -0.1) is 13.2 Å². The molecule has 2 fully saturated rings. The van der Waals surface area contributed by atoms with Crippen LogP contribution in [-0.2, 0) is 0 Å². The predicted octanol–water partition coefficient (Wildman–Crippen LogP) is 6.35. The lowest BCUT2D eigenvalue weighted by Gasteiger charge is -2.43. The monoisotopic (exact) mass is 388 g/mol. The SMILES string of the molecule is C=C.CC(=N/O)/C(=C/C1C(C)CC2CCCC1C2)Sc1ccccc1.CN. The molecule has 4 atom stereocenters. The van der Waals surface area contributed by atoms with E-state index >= 15 is 0 Å². The van der Waals surface area contributed by atoms with E-state index in [9.17, 15) is 5.21 Å². The molecule has 0 aliphatic heterocycles. The van der Waals surface area contributed by atoms with Crippen molar-refractivity contribution in [1.82, 2.24) is 0 Å². The summed E-state index contributed by atoms with van der Waals surface area (Å²) < 4.78 is 0. The highest BCUT2D eigenvalue weighted by atomic mass is 32.2. The summed E-state index contributed by atoms with van der Waals surface area (Å²) in [5.74, 6) is 3.12. The van der Waals surface area contributed by atoms with Crippen LogP contribution in [-0.4, -0.2) is 18.0 Å². The topological polar surface area (TPSA) is 58.6 Å². The van der Waals surface area contributed by atoms with Crippen molar-refractivity contribution >= 4 is 17.5 Å². The Morgan fingerprint density at radius 1 is 1.19 bits per heavy atom. The van der Waals surface area contributed by atoms with Gasteiger partial charge in [0.1, 0.15) is 0 Å². The summed E-state index contributed by atoms with van der Waals surface area (Å²) >= 11 is 1.72. The standard InChI is InChI=1S/C20H27NOS.C2H4.CH5N/c1-14-11-16-7-6-8-17(12-16)19(14)13-20(15(2)21-22)23-18-9-4-3-5-10-18;2*1-2/h3-5,9-10,13-14,16-17,19,22H,6-8,11-12H2,1-2H3;1-2H2;2H2,1H3/b20-13-,21-15-;;. The van der Waals surface area contributed by atoms with Crippen LogP contribution >= 0.6 is 11.8 Å². The molecule has 0 aromatic heterocycles. The van der Waals surface area contributed by atoms with Crippen LogP contribution < -0.4 is 5.73 Å². The molecule has 3 rings (SSSR count). The van der Waals surface area contributed by atoms with Gasteiger partial charge < -0.3 is 10.9 Å². The fourth-order valence-corrected chi connectivity index (χ4v) is 5.37. The smallest absolute Gasteiger partial charge is 0.0900 e. The average molecular weight is 389 g/mol. The molecular formula is C23H36N2OS. The molecule has 0 heterocycles. The summed E-state index contributed by atoms with van der Waals surface area (Å²) in [5.41, 5.74) is 5.23. The summed E-state index contributed by atoms with van der Waals surface area (Å²) in [6, 6.07) is 10.4. The van der Waals surface area contributed by atoms with Crippen molar-refractivity contribution in [2.75, 3.05) is 7.05 Å². The summed E-state index contributed by atoms with van der Waals surface area (Å²) in [6.45, 7) is 10.3. The molecule has 150 valence electrons. The zero-order chi connectivity index (χ0) is 20.2. The van der Waals surface area contributed by atoms with Crippen molar-refractivity contribution < 1.29 is 5.21 Å². The number of oxime groups is 1. The molecule has 0 radical (unpaired) electrons. The first-order chi connectivity index (χ1) is 13.2. The zero-order valence-electron chi connectivity index (χ0n) is 17.1. The maximum Gasteiger partial charge on any atom is 0.0900 e. The van der Waals surface area contributed by atoms with E-state index < -0.39 is 0 Å². The van der Waals surface area contributed by atoms with Gasteiger partial charge in [-0.25, -0.2) is 0 Å². The van der Waals surface area contributed by atoms with Crippen molar-refractivity contribution in [2.24, 2.45) is 34.6 Å². The first-order valence-electron chi connectivity index (χ1n) is 9.89. The molecule has 2 saturated carbocycles. The van der Waals surface area contributed by atoms with Crippen LogP contribution in [0.3, 0.4) is 0 Å². The predicted molar refractivity (Wildman–Crippen MR) is 119 cm³/mol. The van der Waals surface area contributed by atoms with Crippen LogP contribution in [0.4, 0.5) is 0 Å². The number of allylic oxidation sites excluding steroid dienone is 2. The Hall–Kier alpha value is -1.52. The van der Waals surface area contributed by atoms with Crippen LogP contribution in [0, 0.1) is 23.7 Å². The summed E-state index contributed by atoms with van der Waals surface area (Å²) in [6.07, 6.45) is 9.34. The molecule has 1 aromatic carbocycles. The quantitative estimate of drug-likeness (QED) is 0.208. The van der Waals surface area contributed by atoms with E-state index in [0.717, 1.165) is 28.4 Å². The fraction of sp³-hybridized carbons (Fsp3) is 0.522. The molecule has 3 nitrogen and oxygen atoms in total. The van der Waals surface area contributed by atoms with Crippen molar-refractivity contribution in [3.63, 3.8) is 0 Å². The molecule has 27 heavy (non-hydrogen) atoms. The maximum absolute atomic E-state index is 9.29. The lowest BCUT2D eigenvalue weighted by atomic mass is 9.62. The zero-order valence-corrected chi connectivity index (χ0v) is 17.9.